The van der Waals surface area contributed by atoms with Crippen LogP contribution in [0.5, 0.6) is 5.75 Å². The highest BCUT2D eigenvalue weighted by molar-refractivity contribution is 5.75. The monoisotopic (exact) mass is 273 g/mol. The van der Waals surface area contributed by atoms with Gasteiger partial charge in [0.25, 0.3) is 0 Å². The summed E-state index contributed by atoms with van der Waals surface area (Å²) in [4.78, 5) is 10.9. The summed E-state index contributed by atoms with van der Waals surface area (Å²) < 4.78 is 5.38. The minimum Gasteiger partial charge on any atom is -0.496 e. The van der Waals surface area contributed by atoms with Crippen molar-refractivity contribution < 1.29 is 9.53 Å². The van der Waals surface area contributed by atoms with Crippen molar-refractivity contribution >= 4 is 6.29 Å². The number of aldehydes is 1. The molecular formula is C15H19N3O2. The van der Waals surface area contributed by atoms with Crippen molar-refractivity contribution in [2.45, 2.75) is 44.3 Å². The van der Waals surface area contributed by atoms with Crippen LogP contribution in [0.2, 0.25) is 0 Å². The van der Waals surface area contributed by atoms with Crippen LogP contribution in [0.3, 0.4) is 0 Å². The maximum Gasteiger partial charge on any atom is 0.150 e. The average molecular weight is 273 g/mol. The Morgan fingerprint density at radius 2 is 2.25 bits per heavy atom. The van der Waals surface area contributed by atoms with Gasteiger partial charge in [-0.1, -0.05) is 18.1 Å². The molecule has 1 heterocycles. The molecule has 0 N–H and O–H groups in total. The Morgan fingerprint density at radius 1 is 1.40 bits per heavy atom. The number of nitrogens with zero attached hydrogens (tertiary/aromatic N) is 3. The Balaban J connectivity index is 1.80. The summed E-state index contributed by atoms with van der Waals surface area (Å²) in [5.41, 5.74) is 1.65. The van der Waals surface area contributed by atoms with Crippen LogP contribution in [-0.2, 0) is 6.54 Å². The van der Waals surface area contributed by atoms with Crippen LogP contribution >= 0.6 is 0 Å². The molecule has 0 bridgehead atoms. The van der Waals surface area contributed by atoms with E-state index in [-0.39, 0.29) is 0 Å². The summed E-state index contributed by atoms with van der Waals surface area (Å²) in [6.45, 7) is 0.648. The number of fused-ring (bicyclic) bond motifs is 1. The van der Waals surface area contributed by atoms with Crippen molar-refractivity contribution in [3.63, 3.8) is 0 Å². The lowest BCUT2D eigenvalue weighted by Gasteiger charge is -2.29. The van der Waals surface area contributed by atoms with E-state index in [1.807, 2.05) is 12.1 Å². The first-order valence-electron chi connectivity index (χ1n) is 7.11. The Kier molecular flexibility index (Phi) is 3.67. The highest BCUT2D eigenvalue weighted by atomic mass is 16.5. The van der Waals surface area contributed by atoms with Gasteiger partial charge in [-0.25, -0.2) is 0 Å². The zero-order chi connectivity index (χ0) is 13.9. The third-order valence-corrected chi connectivity index (χ3v) is 4.16. The Bertz CT molecular complexity index is 530. The topological polar surface area (TPSA) is 54.3 Å². The van der Waals surface area contributed by atoms with E-state index in [2.05, 4.69) is 15.3 Å². The maximum atomic E-state index is 10.9. The van der Waals surface area contributed by atoms with Gasteiger partial charge in [0.05, 0.1) is 25.7 Å². The molecule has 1 aromatic rings. The molecule has 2 atom stereocenters. The molecule has 106 valence electrons. The van der Waals surface area contributed by atoms with Crippen molar-refractivity contribution in [2.75, 3.05) is 7.11 Å². The quantitative estimate of drug-likeness (QED) is 0.792. The summed E-state index contributed by atoms with van der Waals surface area (Å²) in [6.07, 6.45) is 5.63. The number of carbonyl (C=O) groups excluding carboxylic acids is 1. The Hall–Kier alpha value is -1.91. The second kappa shape index (κ2) is 5.61. The van der Waals surface area contributed by atoms with Crippen molar-refractivity contribution in [2.24, 2.45) is 10.3 Å². The zero-order valence-corrected chi connectivity index (χ0v) is 11.7. The molecule has 1 aliphatic carbocycles. The molecule has 1 aromatic carbocycles. The zero-order valence-electron chi connectivity index (χ0n) is 11.7. The van der Waals surface area contributed by atoms with Crippen LogP contribution in [0.1, 0.15) is 41.6 Å². The summed E-state index contributed by atoms with van der Waals surface area (Å²) in [5, 5.41) is 10.7. The Labute approximate surface area is 118 Å². The van der Waals surface area contributed by atoms with Gasteiger partial charge in [0, 0.05) is 11.1 Å². The normalized spacial score (nSPS) is 24.6. The molecule has 0 radical (unpaired) electrons. The molecular weight excluding hydrogens is 254 g/mol. The fraction of sp³-hybridized carbons (Fsp3) is 0.533. The van der Waals surface area contributed by atoms with Crippen molar-refractivity contribution in [1.82, 2.24) is 5.01 Å². The van der Waals surface area contributed by atoms with Gasteiger partial charge in [0.1, 0.15) is 12.0 Å². The minimum absolute atomic E-state index is 0.351. The van der Waals surface area contributed by atoms with Crippen LogP contribution in [0, 0.1) is 0 Å². The summed E-state index contributed by atoms with van der Waals surface area (Å²) in [5.74, 6) is 0.796. The molecule has 1 aliphatic heterocycles. The van der Waals surface area contributed by atoms with E-state index in [0.717, 1.165) is 30.4 Å². The molecule has 0 saturated heterocycles. The molecule has 2 aliphatic rings. The molecule has 20 heavy (non-hydrogen) atoms. The molecule has 0 aromatic heterocycles. The van der Waals surface area contributed by atoms with Gasteiger partial charge >= 0.3 is 0 Å². The highest BCUT2D eigenvalue weighted by Gasteiger charge is 2.34. The number of methoxy groups -OCH3 is 1. The molecule has 1 fully saturated rings. The summed E-state index contributed by atoms with van der Waals surface area (Å²) in [6, 6.07) is 6.24. The number of ether oxygens (including phenoxy) is 1. The van der Waals surface area contributed by atoms with Crippen LogP contribution in [0.15, 0.2) is 28.5 Å². The number of benzene rings is 1. The predicted octanol–water partition coefficient (Wildman–Crippen LogP) is 3.00. The van der Waals surface area contributed by atoms with E-state index in [4.69, 9.17) is 4.74 Å². The lowest BCUT2D eigenvalue weighted by molar-refractivity contribution is 0.112. The number of carbonyl (C=O) groups is 1. The van der Waals surface area contributed by atoms with Gasteiger partial charge in [-0.15, -0.1) is 0 Å². The highest BCUT2D eigenvalue weighted by Crippen LogP contribution is 2.33. The minimum atomic E-state index is 0.351. The number of rotatable bonds is 4. The van der Waals surface area contributed by atoms with E-state index >= 15 is 0 Å². The molecule has 3 rings (SSSR count). The lowest BCUT2D eigenvalue weighted by Crippen LogP contribution is -2.36. The summed E-state index contributed by atoms with van der Waals surface area (Å²) in [7, 11) is 1.65. The molecule has 0 spiro atoms. The van der Waals surface area contributed by atoms with E-state index in [9.17, 15) is 4.79 Å². The fourth-order valence-corrected chi connectivity index (χ4v) is 3.09. The van der Waals surface area contributed by atoms with E-state index < -0.39 is 0 Å². The lowest BCUT2D eigenvalue weighted by atomic mass is 9.91. The molecule has 5 nitrogen and oxygen atoms in total. The van der Waals surface area contributed by atoms with Crippen molar-refractivity contribution in [1.29, 1.82) is 0 Å². The molecule has 0 amide bonds. The van der Waals surface area contributed by atoms with Crippen molar-refractivity contribution in [3.8, 4) is 5.75 Å². The second-order valence-electron chi connectivity index (χ2n) is 5.41. The number of hydrogen-bond donors (Lipinski definition) is 0. The van der Waals surface area contributed by atoms with E-state index in [1.54, 1.807) is 13.2 Å². The third kappa shape index (κ3) is 2.40. The van der Waals surface area contributed by atoms with Gasteiger partial charge < -0.3 is 4.74 Å². The SMILES string of the molecule is COc1ccc(C=O)cc1CN1N=NC2CCCCC21. The van der Waals surface area contributed by atoms with Gasteiger partial charge in [-0.2, -0.15) is 5.11 Å². The predicted molar refractivity (Wildman–Crippen MR) is 74.8 cm³/mol. The smallest absolute Gasteiger partial charge is 0.150 e. The first-order valence-corrected chi connectivity index (χ1v) is 7.11. The maximum absolute atomic E-state index is 10.9. The van der Waals surface area contributed by atoms with Crippen LogP contribution < -0.4 is 4.74 Å². The first-order chi connectivity index (χ1) is 9.81. The van der Waals surface area contributed by atoms with Crippen LogP contribution in [-0.4, -0.2) is 30.5 Å². The average Bonchev–Trinajstić information content (AvgIpc) is 2.90. The largest absolute Gasteiger partial charge is 0.496 e. The third-order valence-electron chi connectivity index (χ3n) is 4.16. The van der Waals surface area contributed by atoms with E-state index in [1.165, 1.54) is 12.8 Å². The van der Waals surface area contributed by atoms with E-state index in [0.29, 0.717) is 24.2 Å². The second-order valence-corrected chi connectivity index (χ2v) is 5.41. The fourth-order valence-electron chi connectivity index (χ4n) is 3.09. The van der Waals surface area contributed by atoms with Gasteiger partial charge in [-0.05, 0) is 31.0 Å². The van der Waals surface area contributed by atoms with Gasteiger partial charge in [0.2, 0.25) is 0 Å². The molecule has 1 saturated carbocycles. The number of hydrogen-bond acceptors (Lipinski definition) is 5. The first kappa shape index (κ1) is 13.1. The standard InChI is InChI=1S/C15H19N3O2/c1-20-15-7-6-11(10-19)8-12(15)9-18-14-5-3-2-4-13(14)16-17-18/h6-8,10,13-14H,2-5,9H2,1H3. The van der Waals surface area contributed by atoms with Crippen LogP contribution in [0.25, 0.3) is 0 Å². The molecule has 5 heteroatoms. The van der Waals surface area contributed by atoms with Gasteiger partial charge in [0.15, 0.2) is 0 Å². The van der Waals surface area contributed by atoms with Gasteiger partial charge in [-0.3, -0.25) is 9.80 Å². The van der Waals surface area contributed by atoms with Crippen LogP contribution in [0.4, 0.5) is 0 Å². The molecule has 2 unspecified atom stereocenters. The Morgan fingerprint density at radius 3 is 3.05 bits per heavy atom. The summed E-state index contributed by atoms with van der Waals surface area (Å²) >= 11 is 0. The van der Waals surface area contributed by atoms with Crippen molar-refractivity contribution in [3.05, 3.63) is 29.3 Å².